The van der Waals surface area contributed by atoms with Gasteiger partial charge < -0.3 is 15.5 Å². The summed E-state index contributed by atoms with van der Waals surface area (Å²) in [5.41, 5.74) is 2.90. The van der Waals surface area contributed by atoms with E-state index in [1.54, 1.807) is 11.0 Å². The number of carbonyl (C=O) groups is 2. The van der Waals surface area contributed by atoms with Gasteiger partial charge in [-0.15, -0.1) is 0 Å². The summed E-state index contributed by atoms with van der Waals surface area (Å²) in [6.45, 7) is 8.88. The Morgan fingerprint density at radius 1 is 1.36 bits per heavy atom. The van der Waals surface area contributed by atoms with Gasteiger partial charge in [-0.1, -0.05) is 44.7 Å². The van der Waals surface area contributed by atoms with Crippen molar-refractivity contribution in [2.24, 2.45) is 5.92 Å². The van der Waals surface area contributed by atoms with E-state index in [4.69, 9.17) is 0 Å². The highest BCUT2D eigenvalue weighted by molar-refractivity contribution is 6.03. The van der Waals surface area contributed by atoms with Gasteiger partial charge in [-0.05, 0) is 29.5 Å². The molecule has 1 unspecified atom stereocenters. The largest absolute Gasteiger partial charge is 0.345 e. The van der Waals surface area contributed by atoms with Crippen LogP contribution in [0, 0.1) is 5.92 Å². The molecule has 1 fully saturated rings. The first-order valence-corrected chi connectivity index (χ1v) is 9.81. The first-order chi connectivity index (χ1) is 13.4. The van der Waals surface area contributed by atoms with Crippen molar-refractivity contribution < 1.29 is 14.0 Å². The van der Waals surface area contributed by atoms with E-state index < -0.39 is 18.3 Å². The number of para-hydroxylation sites is 1. The van der Waals surface area contributed by atoms with Crippen LogP contribution in [0.15, 0.2) is 48.6 Å². The maximum atomic E-state index is 13.4. The number of hydrogen-bond donors (Lipinski definition) is 2. The lowest BCUT2D eigenvalue weighted by molar-refractivity contribution is -0.123. The second-order valence-corrected chi connectivity index (χ2v) is 7.74. The zero-order valence-corrected chi connectivity index (χ0v) is 16.5. The molecule has 0 radical (unpaired) electrons. The molecule has 2 heterocycles. The van der Waals surface area contributed by atoms with Crippen LogP contribution in [0.3, 0.4) is 0 Å². The first-order valence-electron chi connectivity index (χ1n) is 9.81. The quantitative estimate of drug-likeness (QED) is 0.584. The number of halogens is 1. The van der Waals surface area contributed by atoms with Gasteiger partial charge in [0, 0.05) is 31.3 Å². The van der Waals surface area contributed by atoms with Crippen LogP contribution >= 0.6 is 0 Å². The highest BCUT2D eigenvalue weighted by Crippen LogP contribution is 2.27. The average molecular weight is 385 g/mol. The summed E-state index contributed by atoms with van der Waals surface area (Å²) < 4.78 is 13.4. The fraction of sp³-hybridized carbons (Fsp3) is 0.455. The van der Waals surface area contributed by atoms with Gasteiger partial charge in [0.2, 0.25) is 5.91 Å². The standard InChI is InChI=1S/C22H28FN3O2/c1-14(2)15(3)18(25-22(28)19-12-17(23)13-24-19)8-9-21(27)26-11-10-16-6-4-5-7-20(16)26/h4-9,14,17-19,24H,3,10-13H2,1-2H3,(H,25,28)/b9-8+/t17-,18+,19?/m0/s1. The molecule has 2 aliphatic heterocycles. The van der Waals surface area contributed by atoms with Gasteiger partial charge in [-0.2, -0.15) is 0 Å². The molecule has 1 aromatic rings. The minimum Gasteiger partial charge on any atom is -0.345 e. The summed E-state index contributed by atoms with van der Waals surface area (Å²) in [5.74, 6) is -0.262. The molecule has 5 nitrogen and oxygen atoms in total. The van der Waals surface area contributed by atoms with Crippen LogP contribution in [0.1, 0.15) is 25.8 Å². The van der Waals surface area contributed by atoms with E-state index in [1.165, 1.54) is 6.08 Å². The van der Waals surface area contributed by atoms with E-state index in [0.29, 0.717) is 6.54 Å². The molecule has 0 saturated carbocycles. The molecule has 2 aliphatic rings. The second-order valence-electron chi connectivity index (χ2n) is 7.74. The summed E-state index contributed by atoms with van der Waals surface area (Å²) in [5, 5.41) is 5.78. The van der Waals surface area contributed by atoms with E-state index in [-0.39, 0.29) is 30.7 Å². The van der Waals surface area contributed by atoms with Gasteiger partial charge in [-0.3, -0.25) is 9.59 Å². The zero-order chi connectivity index (χ0) is 20.3. The number of carbonyl (C=O) groups excluding carboxylic acids is 2. The van der Waals surface area contributed by atoms with Crippen molar-refractivity contribution in [1.82, 2.24) is 10.6 Å². The molecule has 150 valence electrons. The minimum atomic E-state index is -1.00. The van der Waals surface area contributed by atoms with Crippen molar-refractivity contribution >= 4 is 17.5 Å². The number of rotatable bonds is 6. The summed E-state index contributed by atoms with van der Waals surface area (Å²) >= 11 is 0. The van der Waals surface area contributed by atoms with Crippen LogP contribution in [0.2, 0.25) is 0 Å². The molecule has 2 amide bonds. The molecule has 2 N–H and O–H groups in total. The topological polar surface area (TPSA) is 61.4 Å². The van der Waals surface area contributed by atoms with Crippen LogP contribution in [-0.4, -0.2) is 43.2 Å². The first kappa shape index (κ1) is 20.3. The highest BCUT2D eigenvalue weighted by atomic mass is 19.1. The number of amides is 2. The average Bonchev–Trinajstić information content (AvgIpc) is 3.30. The Morgan fingerprint density at radius 2 is 2.11 bits per heavy atom. The predicted octanol–water partition coefficient (Wildman–Crippen LogP) is 2.53. The lowest BCUT2D eigenvalue weighted by Gasteiger charge is -2.23. The molecule has 0 aliphatic carbocycles. The molecule has 28 heavy (non-hydrogen) atoms. The number of benzene rings is 1. The molecule has 1 saturated heterocycles. The molecular formula is C22H28FN3O2. The maximum Gasteiger partial charge on any atom is 0.250 e. The van der Waals surface area contributed by atoms with E-state index in [1.807, 2.05) is 38.1 Å². The molecule has 6 heteroatoms. The fourth-order valence-corrected chi connectivity index (χ4v) is 3.61. The van der Waals surface area contributed by atoms with Crippen molar-refractivity contribution in [3.63, 3.8) is 0 Å². The summed E-state index contributed by atoms with van der Waals surface area (Å²) in [7, 11) is 0. The van der Waals surface area contributed by atoms with E-state index in [0.717, 1.165) is 23.2 Å². The van der Waals surface area contributed by atoms with Gasteiger partial charge in [0.1, 0.15) is 6.17 Å². The van der Waals surface area contributed by atoms with Crippen LogP contribution in [0.25, 0.3) is 0 Å². The van der Waals surface area contributed by atoms with Crippen LogP contribution in [-0.2, 0) is 16.0 Å². The van der Waals surface area contributed by atoms with Gasteiger partial charge >= 0.3 is 0 Å². The number of fused-ring (bicyclic) bond motifs is 1. The van der Waals surface area contributed by atoms with Crippen molar-refractivity contribution in [3.8, 4) is 0 Å². The summed E-state index contributed by atoms with van der Waals surface area (Å²) in [4.78, 5) is 27.0. The molecule has 0 spiro atoms. The van der Waals surface area contributed by atoms with E-state index >= 15 is 0 Å². The van der Waals surface area contributed by atoms with Crippen LogP contribution < -0.4 is 15.5 Å². The Hall–Kier alpha value is -2.47. The zero-order valence-electron chi connectivity index (χ0n) is 16.5. The van der Waals surface area contributed by atoms with Gasteiger partial charge in [-0.25, -0.2) is 4.39 Å². The highest BCUT2D eigenvalue weighted by Gasteiger charge is 2.30. The third-order valence-electron chi connectivity index (χ3n) is 5.42. The number of nitrogens with one attached hydrogen (secondary N) is 2. The van der Waals surface area contributed by atoms with Crippen molar-refractivity contribution in [2.45, 2.75) is 44.9 Å². The van der Waals surface area contributed by atoms with Crippen molar-refractivity contribution in [3.05, 3.63) is 54.1 Å². The van der Waals surface area contributed by atoms with Crippen molar-refractivity contribution in [2.75, 3.05) is 18.0 Å². The Balaban J connectivity index is 1.69. The smallest absolute Gasteiger partial charge is 0.250 e. The molecule has 0 bridgehead atoms. The molecule has 0 aromatic heterocycles. The lowest BCUT2D eigenvalue weighted by Crippen LogP contribution is -2.45. The Morgan fingerprint density at radius 3 is 2.79 bits per heavy atom. The van der Waals surface area contributed by atoms with E-state index in [9.17, 15) is 14.0 Å². The normalized spacial score (nSPS) is 22.5. The maximum absolute atomic E-state index is 13.4. The third kappa shape index (κ3) is 4.50. The van der Waals surface area contributed by atoms with Gasteiger partial charge in [0.05, 0.1) is 12.1 Å². The van der Waals surface area contributed by atoms with Crippen molar-refractivity contribution in [1.29, 1.82) is 0 Å². The molecule has 3 rings (SSSR count). The number of anilines is 1. The fourth-order valence-electron chi connectivity index (χ4n) is 3.61. The Labute approximate surface area is 165 Å². The Kier molecular flexibility index (Phi) is 6.29. The summed E-state index contributed by atoms with van der Waals surface area (Å²) in [6.07, 6.45) is 3.19. The monoisotopic (exact) mass is 385 g/mol. The van der Waals surface area contributed by atoms with E-state index in [2.05, 4.69) is 17.2 Å². The van der Waals surface area contributed by atoms with Crippen LogP contribution in [0.5, 0.6) is 0 Å². The number of alkyl halides is 1. The number of hydrogen-bond acceptors (Lipinski definition) is 3. The molecule has 3 atom stereocenters. The molecule has 1 aromatic carbocycles. The number of nitrogens with zero attached hydrogens (tertiary/aromatic N) is 1. The van der Waals surface area contributed by atoms with Crippen LogP contribution in [0.4, 0.5) is 10.1 Å². The molecular weight excluding hydrogens is 357 g/mol. The Bertz CT molecular complexity index is 790. The minimum absolute atomic E-state index is 0.122. The lowest BCUT2D eigenvalue weighted by atomic mass is 9.96. The second kappa shape index (κ2) is 8.69. The summed E-state index contributed by atoms with van der Waals surface area (Å²) in [6, 6.07) is 6.84. The SMILES string of the molecule is C=C(C(C)C)[C@@H](/C=C/C(=O)N1CCc2ccccc21)NC(=O)C1C[C@H](F)CN1. The predicted molar refractivity (Wildman–Crippen MR) is 109 cm³/mol. The van der Waals surface area contributed by atoms with Gasteiger partial charge in [0.15, 0.2) is 0 Å². The third-order valence-corrected chi connectivity index (χ3v) is 5.42. The van der Waals surface area contributed by atoms with Gasteiger partial charge in [0.25, 0.3) is 5.91 Å².